The molecule has 0 saturated carbocycles. The van der Waals surface area contributed by atoms with Crippen molar-refractivity contribution < 1.29 is 8.85 Å². The lowest BCUT2D eigenvalue weighted by atomic mass is 9.36. The number of benzene rings is 6. The summed E-state index contributed by atoms with van der Waals surface area (Å²) in [5, 5.41) is 1.14. The molecule has 7 aromatic rings. The molecule has 6 aromatic carbocycles. The van der Waals surface area contributed by atoms with E-state index in [1.807, 2.05) is 23.5 Å². The smallest absolute Gasteiger partial charge is 0.268 e. The molecule has 0 amide bonds. The van der Waals surface area contributed by atoms with E-state index in [9.17, 15) is 0 Å². The summed E-state index contributed by atoms with van der Waals surface area (Å²) in [7, 11) is 0. The summed E-state index contributed by atoms with van der Waals surface area (Å²) in [6.07, 6.45) is 0. The van der Waals surface area contributed by atoms with Gasteiger partial charge in [0.15, 0.2) is 0 Å². The number of ether oxygens (including phenoxy) is 1. The van der Waals surface area contributed by atoms with Crippen molar-refractivity contribution >= 4 is 78.0 Å². The van der Waals surface area contributed by atoms with Gasteiger partial charge in [-0.15, -0.1) is 11.3 Å². The number of rotatable bonds is 4. The lowest BCUT2D eigenvalue weighted by Crippen LogP contribution is -2.58. The van der Waals surface area contributed by atoms with E-state index in [0.717, 1.165) is 62.0 Å². The van der Waals surface area contributed by atoms with Gasteiger partial charge in [-0.3, -0.25) is 0 Å². The van der Waals surface area contributed by atoms with Crippen molar-refractivity contribution in [3.8, 4) is 11.5 Å². The lowest BCUT2D eigenvalue weighted by Gasteiger charge is -2.41. The Bertz CT molecular complexity index is 2790. The van der Waals surface area contributed by atoms with Crippen molar-refractivity contribution in [2.24, 2.45) is 0 Å². The highest BCUT2D eigenvalue weighted by Gasteiger charge is 2.45. The van der Waals surface area contributed by atoms with E-state index in [-0.39, 0.29) is 23.0 Å². The van der Waals surface area contributed by atoms with Gasteiger partial charge >= 0.3 is 0 Å². The second-order valence-corrected chi connectivity index (χ2v) is 20.1. The zero-order valence-corrected chi connectivity index (χ0v) is 35.7. The number of hydrogen-bond donors (Lipinski definition) is 0. The van der Waals surface area contributed by atoms with Gasteiger partial charge in [0, 0.05) is 53.5 Å². The fourth-order valence-corrected chi connectivity index (χ4v) is 9.65. The molecule has 0 saturated heterocycles. The molecule has 0 aliphatic carbocycles. The number of aryl methyl sites for hydroxylation is 2. The molecule has 0 N–H and O–H groups in total. The highest BCUT2D eigenvalue weighted by atomic mass is 32.1. The molecule has 0 unspecified atom stereocenters. The second kappa shape index (κ2) is 13.1. The Kier molecular flexibility index (Phi) is 7.80. The molecule has 2 aliphatic heterocycles. The Balaban J connectivity index is 1.35. The van der Waals surface area contributed by atoms with Gasteiger partial charge in [0.05, 0.1) is 5.69 Å². The average molecular weight is 768 g/mol. The number of thiophene rings is 1. The Morgan fingerprint density at radius 2 is 1.18 bits per heavy atom. The van der Waals surface area contributed by atoms with Crippen molar-refractivity contribution in [3.63, 3.8) is 0 Å². The van der Waals surface area contributed by atoms with Crippen LogP contribution < -0.4 is 30.2 Å². The van der Waals surface area contributed by atoms with Crippen LogP contribution in [0.15, 0.2) is 121 Å². The van der Waals surface area contributed by atoms with Gasteiger partial charge in [-0.05, 0) is 118 Å². The van der Waals surface area contributed by atoms with Crippen molar-refractivity contribution in [2.75, 3.05) is 9.80 Å². The van der Waals surface area contributed by atoms with Gasteiger partial charge in [-0.2, -0.15) is 0 Å². The monoisotopic (exact) mass is 767 g/mol. The van der Waals surface area contributed by atoms with Gasteiger partial charge in [-0.25, -0.2) is 0 Å². The summed E-state index contributed by atoms with van der Waals surface area (Å²) in [4.78, 5) is 4.65. The number of hydrogen-bond acceptors (Lipinski definition) is 4. The lowest BCUT2D eigenvalue weighted by molar-refractivity contribution is 0.494. The quantitative estimate of drug-likeness (QED) is 0.166. The summed E-state index contributed by atoms with van der Waals surface area (Å²) in [5.41, 5.74) is 13.7. The predicted molar refractivity (Wildman–Crippen MR) is 248 cm³/mol. The first kappa shape index (κ1) is 33.8. The van der Waals surface area contributed by atoms with Crippen LogP contribution in [0.4, 0.5) is 34.1 Å². The molecule has 5 heteroatoms. The van der Waals surface area contributed by atoms with Crippen LogP contribution in [-0.2, 0) is 16.2 Å². The molecule has 0 radical (unpaired) electrons. The van der Waals surface area contributed by atoms with E-state index < -0.39 is 6.85 Å². The van der Waals surface area contributed by atoms with Crippen LogP contribution in [0.1, 0.15) is 94.2 Å². The Labute approximate surface area is 348 Å². The van der Waals surface area contributed by atoms with Crippen LogP contribution >= 0.6 is 11.3 Å². The number of nitrogens with zero attached hydrogens (tertiary/aromatic N) is 2. The van der Waals surface area contributed by atoms with E-state index in [1.165, 1.54) is 31.6 Å². The fourth-order valence-electron chi connectivity index (χ4n) is 8.41. The number of fused-ring (bicyclic) bond motifs is 6. The van der Waals surface area contributed by atoms with E-state index in [1.54, 1.807) is 12.1 Å². The normalized spacial score (nSPS) is 14.6. The topological polar surface area (TPSA) is 15.7 Å². The number of anilines is 6. The van der Waals surface area contributed by atoms with Crippen molar-refractivity contribution in [1.82, 2.24) is 0 Å². The van der Waals surface area contributed by atoms with E-state index in [0.29, 0.717) is 5.56 Å². The average Bonchev–Trinajstić information content (AvgIpc) is 3.55. The van der Waals surface area contributed by atoms with Crippen LogP contribution in [0.25, 0.3) is 10.1 Å². The van der Waals surface area contributed by atoms with Crippen LogP contribution in [0.2, 0.25) is 0 Å². The van der Waals surface area contributed by atoms with Gasteiger partial charge in [0.2, 0.25) is 0 Å². The van der Waals surface area contributed by atoms with E-state index in [2.05, 4.69) is 176 Å². The largest absolute Gasteiger partial charge is 0.457 e. The highest BCUT2D eigenvalue weighted by molar-refractivity contribution is 7.33. The predicted octanol–water partition coefficient (Wildman–Crippen LogP) is 13.3. The molecule has 3 heterocycles. The Morgan fingerprint density at radius 1 is 0.596 bits per heavy atom. The third-order valence-electron chi connectivity index (χ3n) is 11.8. The van der Waals surface area contributed by atoms with Gasteiger partial charge in [0.25, 0.3) is 6.71 Å². The summed E-state index contributed by atoms with van der Waals surface area (Å²) < 4.78 is 34.1. The molecule has 0 bridgehead atoms. The maximum absolute atomic E-state index is 8.09. The fraction of sp³-hybridized carbons (Fsp3) is 0.269. The van der Waals surface area contributed by atoms with E-state index in [4.69, 9.17) is 8.85 Å². The Morgan fingerprint density at radius 3 is 1.79 bits per heavy atom. The molecule has 2 aliphatic rings. The van der Waals surface area contributed by atoms with Gasteiger partial charge in [-0.1, -0.05) is 128 Å². The molecule has 0 spiro atoms. The molecule has 0 fully saturated rings. The maximum Gasteiger partial charge on any atom is 0.268 e. The minimum absolute atomic E-state index is 0.00599. The van der Waals surface area contributed by atoms with Crippen LogP contribution in [0.5, 0.6) is 11.5 Å². The molecule has 1 aromatic heterocycles. The summed E-state index contributed by atoms with van der Waals surface area (Å²) >= 11 is 1.85. The summed E-state index contributed by atoms with van der Waals surface area (Å²) in [6, 6.07) is 43.3. The van der Waals surface area contributed by atoms with Gasteiger partial charge < -0.3 is 14.5 Å². The zero-order chi connectivity index (χ0) is 42.7. The SMILES string of the molecule is [2H]C([2H])([2H])c1ccc(N(c2ccc(C)cc2)c2cc3c4c(c2)N(c2ccc(C(C)(C)C)cc2)c2ccc(C(C)(C)C)cc2B4c2sc4ccc(C(C)(C)C)cc4c2O3)cc1. The van der Waals surface area contributed by atoms with Crippen molar-refractivity contribution in [2.45, 2.75) is 92.3 Å². The first-order valence-electron chi connectivity index (χ1n) is 21.6. The van der Waals surface area contributed by atoms with Crippen molar-refractivity contribution in [3.05, 3.63) is 149 Å². The third-order valence-corrected chi connectivity index (χ3v) is 13.0. The van der Waals surface area contributed by atoms with E-state index >= 15 is 0 Å². The Hall–Kier alpha value is -5.26. The first-order chi connectivity index (χ1) is 28.2. The third kappa shape index (κ3) is 6.45. The molecular formula is C52H53BN2OS. The molecule has 9 rings (SSSR count). The second-order valence-electron chi connectivity index (χ2n) is 19.0. The highest BCUT2D eigenvalue weighted by Crippen LogP contribution is 2.48. The van der Waals surface area contributed by atoms with Crippen molar-refractivity contribution in [1.29, 1.82) is 0 Å². The first-order valence-corrected chi connectivity index (χ1v) is 20.9. The van der Waals surface area contributed by atoms with Crippen LogP contribution in [-0.4, -0.2) is 6.71 Å². The molecule has 0 atom stereocenters. The molecule has 286 valence electrons. The minimum atomic E-state index is -2.21. The van der Waals surface area contributed by atoms with Crippen LogP contribution in [0, 0.1) is 13.8 Å². The summed E-state index contributed by atoms with van der Waals surface area (Å²) in [5.74, 6) is 1.75. The van der Waals surface area contributed by atoms with Crippen LogP contribution in [0.3, 0.4) is 0 Å². The minimum Gasteiger partial charge on any atom is -0.457 e. The standard InChI is InChI=1S/C52H53BN2OS/c1-32-12-20-37(21-13-32)54(38-22-14-33(2)15-23-38)40-30-44-47-45(31-40)56-48-41-28-35(51(6,7)8)19-27-46(41)57-49(48)53(47)42-29-36(52(9,10)11)18-26-43(42)55(44)39-24-16-34(17-25-39)50(3,4)5/h12-31H,1-11H3/i1D3. The molecular weight excluding hydrogens is 711 g/mol. The molecule has 3 nitrogen and oxygen atoms in total. The maximum atomic E-state index is 8.09. The molecule has 57 heavy (non-hydrogen) atoms. The van der Waals surface area contributed by atoms with Gasteiger partial charge in [0.1, 0.15) is 11.5 Å². The zero-order valence-electron chi connectivity index (χ0n) is 37.8. The summed E-state index contributed by atoms with van der Waals surface area (Å²) in [6.45, 7) is 20.3.